The summed E-state index contributed by atoms with van der Waals surface area (Å²) in [5, 5.41) is 2.81. The van der Waals surface area contributed by atoms with Gasteiger partial charge in [-0.2, -0.15) is 0 Å². The van der Waals surface area contributed by atoms with E-state index in [-0.39, 0.29) is 18.1 Å². The van der Waals surface area contributed by atoms with E-state index in [4.69, 9.17) is 0 Å². The van der Waals surface area contributed by atoms with Gasteiger partial charge >= 0.3 is 6.03 Å². The van der Waals surface area contributed by atoms with Crippen molar-refractivity contribution in [2.24, 2.45) is 0 Å². The molecule has 3 aromatic rings. The molecule has 0 aliphatic carbocycles. The summed E-state index contributed by atoms with van der Waals surface area (Å²) in [6, 6.07) is 14.5. The van der Waals surface area contributed by atoms with E-state index in [9.17, 15) is 9.59 Å². The predicted octanol–water partition coefficient (Wildman–Crippen LogP) is 2.34. The van der Waals surface area contributed by atoms with Crippen LogP contribution in [0.1, 0.15) is 16.8 Å². The van der Waals surface area contributed by atoms with Crippen molar-refractivity contribution in [1.82, 2.24) is 19.6 Å². The van der Waals surface area contributed by atoms with Gasteiger partial charge in [0.1, 0.15) is 5.65 Å². The number of carbonyl (C=O) groups is 1. The molecule has 0 unspecified atom stereocenters. The highest BCUT2D eigenvalue weighted by Gasteiger charge is 2.11. The maximum atomic E-state index is 12.3. The lowest BCUT2D eigenvalue weighted by Gasteiger charge is -2.19. The van der Waals surface area contributed by atoms with Crippen LogP contribution in [0.2, 0.25) is 0 Å². The summed E-state index contributed by atoms with van der Waals surface area (Å²) >= 11 is 0. The maximum Gasteiger partial charge on any atom is 0.317 e. The second-order valence-corrected chi connectivity index (χ2v) is 5.96. The minimum atomic E-state index is -0.210. The maximum absolute atomic E-state index is 12.3. The Morgan fingerprint density at radius 2 is 1.96 bits per heavy atom. The standard InChI is InChI=1S/C19H20N4O2/c1-14-7-3-4-8-15(14)13-22(2)19(25)20-12-16-11-18(24)23-10-6-5-9-17(23)21-16/h3-11H,12-13H2,1-2H3,(H,20,25). The van der Waals surface area contributed by atoms with E-state index in [2.05, 4.69) is 10.3 Å². The molecule has 25 heavy (non-hydrogen) atoms. The first-order chi connectivity index (χ1) is 12.0. The highest BCUT2D eigenvalue weighted by molar-refractivity contribution is 5.73. The Morgan fingerprint density at radius 1 is 1.20 bits per heavy atom. The number of fused-ring (bicyclic) bond motifs is 1. The molecule has 3 rings (SSSR count). The SMILES string of the molecule is Cc1ccccc1CN(C)C(=O)NCc1cc(=O)n2ccccc2n1. The Morgan fingerprint density at radius 3 is 2.76 bits per heavy atom. The number of amides is 2. The lowest BCUT2D eigenvalue weighted by Crippen LogP contribution is -2.37. The van der Waals surface area contributed by atoms with Gasteiger partial charge in [-0.3, -0.25) is 9.20 Å². The molecule has 6 heteroatoms. The van der Waals surface area contributed by atoms with Gasteiger partial charge in [-0.25, -0.2) is 9.78 Å². The van der Waals surface area contributed by atoms with Gasteiger partial charge in [0, 0.05) is 25.9 Å². The van der Waals surface area contributed by atoms with Crippen LogP contribution in [0.5, 0.6) is 0 Å². The second-order valence-electron chi connectivity index (χ2n) is 5.96. The summed E-state index contributed by atoms with van der Waals surface area (Å²) in [6.07, 6.45) is 1.67. The van der Waals surface area contributed by atoms with Crippen LogP contribution < -0.4 is 10.9 Å². The van der Waals surface area contributed by atoms with Crippen molar-refractivity contribution in [3.05, 3.63) is 81.9 Å². The number of carbonyl (C=O) groups excluding carboxylic acids is 1. The van der Waals surface area contributed by atoms with Crippen LogP contribution in [0.4, 0.5) is 4.79 Å². The zero-order valence-electron chi connectivity index (χ0n) is 14.3. The fourth-order valence-corrected chi connectivity index (χ4v) is 2.61. The number of urea groups is 1. The van der Waals surface area contributed by atoms with Gasteiger partial charge in [0.05, 0.1) is 12.2 Å². The molecule has 0 bridgehead atoms. The minimum absolute atomic E-state index is 0.164. The lowest BCUT2D eigenvalue weighted by molar-refractivity contribution is 0.206. The average molecular weight is 336 g/mol. The molecule has 0 saturated heterocycles. The Labute approximate surface area is 145 Å². The number of pyridine rings is 1. The molecule has 2 heterocycles. The molecule has 2 aromatic heterocycles. The number of nitrogens with one attached hydrogen (secondary N) is 1. The van der Waals surface area contributed by atoms with Crippen molar-refractivity contribution < 1.29 is 4.79 Å². The number of hydrogen-bond donors (Lipinski definition) is 1. The van der Waals surface area contributed by atoms with Gasteiger partial charge in [-0.1, -0.05) is 30.3 Å². The fraction of sp³-hybridized carbons (Fsp3) is 0.211. The normalized spacial score (nSPS) is 10.6. The third-order valence-electron chi connectivity index (χ3n) is 4.06. The summed E-state index contributed by atoms with van der Waals surface area (Å²) in [5.74, 6) is 0. The third-order valence-corrected chi connectivity index (χ3v) is 4.06. The first-order valence-corrected chi connectivity index (χ1v) is 8.05. The Balaban J connectivity index is 1.66. The molecular formula is C19H20N4O2. The van der Waals surface area contributed by atoms with Gasteiger partial charge in [-0.15, -0.1) is 0 Å². The lowest BCUT2D eigenvalue weighted by atomic mass is 10.1. The summed E-state index contributed by atoms with van der Waals surface area (Å²) in [7, 11) is 1.74. The van der Waals surface area contributed by atoms with Gasteiger partial charge in [0.25, 0.3) is 5.56 Å². The van der Waals surface area contributed by atoms with E-state index in [1.54, 1.807) is 30.3 Å². The summed E-state index contributed by atoms with van der Waals surface area (Å²) in [4.78, 5) is 30.3. The Hall–Kier alpha value is -3.15. The molecule has 0 aliphatic heterocycles. The second kappa shape index (κ2) is 7.17. The van der Waals surface area contributed by atoms with Gasteiger partial charge in [-0.05, 0) is 30.2 Å². The molecule has 2 amide bonds. The number of nitrogens with zero attached hydrogens (tertiary/aromatic N) is 3. The molecule has 0 radical (unpaired) electrons. The van der Waals surface area contributed by atoms with Crippen molar-refractivity contribution in [2.75, 3.05) is 7.05 Å². The Kier molecular flexibility index (Phi) is 4.79. The Bertz CT molecular complexity index is 965. The van der Waals surface area contributed by atoms with E-state index < -0.39 is 0 Å². The van der Waals surface area contributed by atoms with Crippen molar-refractivity contribution in [1.29, 1.82) is 0 Å². The molecule has 1 aromatic carbocycles. The molecule has 0 atom stereocenters. The number of benzene rings is 1. The zero-order chi connectivity index (χ0) is 17.8. The predicted molar refractivity (Wildman–Crippen MR) is 96.3 cm³/mol. The first-order valence-electron chi connectivity index (χ1n) is 8.05. The quantitative estimate of drug-likeness (QED) is 0.795. The molecule has 1 N–H and O–H groups in total. The van der Waals surface area contributed by atoms with Crippen LogP contribution in [0.3, 0.4) is 0 Å². The molecule has 0 spiro atoms. The van der Waals surface area contributed by atoms with Gasteiger partial charge in [0.15, 0.2) is 0 Å². The average Bonchev–Trinajstić information content (AvgIpc) is 2.61. The van der Waals surface area contributed by atoms with E-state index in [0.717, 1.165) is 11.1 Å². The largest absolute Gasteiger partial charge is 0.332 e. The minimum Gasteiger partial charge on any atom is -0.332 e. The fourth-order valence-electron chi connectivity index (χ4n) is 2.61. The van der Waals surface area contributed by atoms with Gasteiger partial charge < -0.3 is 10.2 Å². The summed E-state index contributed by atoms with van der Waals surface area (Å²) in [6.45, 7) is 2.75. The van der Waals surface area contributed by atoms with Crippen LogP contribution >= 0.6 is 0 Å². The van der Waals surface area contributed by atoms with Crippen molar-refractivity contribution in [2.45, 2.75) is 20.0 Å². The van der Waals surface area contributed by atoms with Gasteiger partial charge in [0.2, 0.25) is 0 Å². The smallest absolute Gasteiger partial charge is 0.317 e. The zero-order valence-corrected chi connectivity index (χ0v) is 14.3. The number of rotatable bonds is 4. The topological polar surface area (TPSA) is 66.7 Å². The van der Waals surface area contributed by atoms with Crippen LogP contribution in [0.25, 0.3) is 5.65 Å². The molecule has 0 fully saturated rings. The number of hydrogen-bond acceptors (Lipinski definition) is 3. The van der Waals surface area contributed by atoms with E-state index in [1.165, 1.54) is 10.5 Å². The van der Waals surface area contributed by atoms with Crippen molar-refractivity contribution >= 4 is 11.7 Å². The molecule has 0 aliphatic rings. The van der Waals surface area contributed by atoms with E-state index in [1.807, 2.05) is 37.3 Å². The highest BCUT2D eigenvalue weighted by atomic mass is 16.2. The molecule has 0 saturated carbocycles. The first kappa shape index (κ1) is 16.7. The highest BCUT2D eigenvalue weighted by Crippen LogP contribution is 2.09. The van der Waals surface area contributed by atoms with E-state index in [0.29, 0.717) is 17.9 Å². The van der Waals surface area contributed by atoms with Crippen LogP contribution in [-0.4, -0.2) is 27.4 Å². The van der Waals surface area contributed by atoms with E-state index >= 15 is 0 Å². The van der Waals surface area contributed by atoms with Crippen LogP contribution in [0, 0.1) is 6.92 Å². The number of aryl methyl sites for hydroxylation is 1. The molecular weight excluding hydrogens is 316 g/mol. The summed E-state index contributed by atoms with van der Waals surface area (Å²) in [5.41, 5.74) is 3.18. The molecule has 128 valence electrons. The summed E-state index contributed by atoms with van der Waals surface area (Å²) < 4.78 is 1.47. The van der Waals surface area contributed by atoms with Crippen molar-refractivity contribution in [3.63, 3.8) is 0 Å². The van der Waals surface area contributed by atoms with Crippen LogP contribution in [-0.2, 0) is 13.1 Å². The van der Waals surface area contributed by atoms with Crippen molar-refractivity contribution in [3.8, 4) is 0 Å². The van der Waals surface area contributed by atoms with Crippen LogP contribution in [0.15, 0.2) is 59.5 Å². The third kappa shape index (κ3) is 3.85. The molecule has 6 nitrogen and oxygen atoms in total. The monoisotopic (exact) mass is 336 g/mol. The number of aromatic nitrogens is 2.